The van der Waals surface area contributed by atoms with E-state index in [1.54, 1.807) is 0 Å². The number of carbonyl (C=O) groups is 1. The zero-order valence-electron chi connectivity index (χ0n) is 29.2. The van der Waals surface area contributed by atoms with E-state index >= 15 is 0 Å². The van der Waals surface area contributed by atoms with Gasteiger partial charge >= 0.3 is 0 Å². The maximum absolute atomic E-state index is 14.1. The van der Waals surface area contributed by atoms with Crippen LogP contribution >= 0.6 is 0 Å². The SMILES string of the molecule is CCCCOc1ccc(C(=O)N(CCN(CCCC)CCCC)Cc2ccc(OCc3ccccc3)c(OCc3ccccc3)c2)cc1. The molecule has 0 saturated heterocycles. The van der Waals surface area contributed by atoms with Crippen LogP contribution in [0.15, 0.2) is 103 Å². The number of benzene rings is 4. The fourth-order valence-electron chi connectivity index (χ4n) is 5.40. The molecule has 0 atom stereocenters. The second-order valence-corrected chi connectivity index (χ2v) is 12.3. The number of carbonyl (C=O) groups excluding carboxylic acids is 1. The molecule has 0 aliphatic carbocycles. The van der Waals surface area contributed by atoms with Crippen molar-refractivity contribution in [3.63, 3.8) is 0 Å². The standard InChI is InChI=1S/C42H54N2O4/c1-4-7-26-43(27-8-5-2)28-29-44(42(45)38-21-23-39(24-22-38)46-30-9-6-3)32-37-20-25-40(47-33-35-16-12-10-13-17-35)41(31-37)48-34-36-18-14-11-15-19-36/h10-25,31H,4-9,26-30,32-34H2,1-3H3. The summed E-state index contributed by atoms with van der Waals surface area (Å²) in [7, 11) is 0. The minimum Gasteiger partial charge on any atom is -0.494 e. The summed E-state index contributed by atoms with van der Waals surface area (Å²) < 4.78 is 18.5. The molecule has 256 valence electrons. The van der Waals surface area contributed by atoms with E-state index in [4.69, 9.17) is 14.2 Å². The van der Waals surface area contributed by atoms with Gasteiger partial charge in [-0.05, 0) is 85.4 Å². The summed E-state index contributed by atoms with van der Waals surface area (Å²) in [5.41, 5.74) is 3.82. The molecule has 0 spiro atoms. The fraction of sp³-hybridized carbons (Fsp3) is 0.405. The van der Waals surface area contributed by atoms with Crippen molar-refractivity contribution in [3.05, 3.63) is 125 Å². The Kier molecular flexibility index (Phi) is 15.9. The minimum atomic E-state index is 0.0113. The molecule has 0 radical (unpaired) electrons. The highest BCUT2D eigenvalue weighted by molar-refractivity contribution is 5.94. The first-order chi connectivity index (χ1) is 23.6. The van der Waals surface area contributed by atoms with Crippen molar-refractivity contribution >= 4 is 5.91 Å². The van der Waals surface area contributed by atoms with Crippen molar-refractivity contribution in [2.24, 2.45) is 0 Å². The highest BCUT2D eigenvalue weighted by Crippen LogP contribution is 2.31. The van der Waals surface area contributed by atoms with E-state index in [0.717, 1.165) is 80.6 Å². The van der Waals surface area contributed by atoms with Crippen molar-refractivity contribution in [3.8, 4) is 17.2 Å². The van der Waals surface area contributed by atoms with Crippen LogP contribution in [0.25, 0.3) is 0 Å². The van der Waals surface area contributed by atoms with Gasteiger partial charge in [0.2, 0.25) is 0 Å². The van der Waals surface area contributed by atoms with E-state index in [9.17, 15) is 4.79 Å². The zero-order valence-corrected chi connectivity index (χ0v) is 29.2. The molecule has 0 aromatic heterocycles. The van der Waals surface area contributed by atoms with E-state index in [0.29, 0.717) is 50.0 Å². The maximum Gasteiger partial charge on any atom is 0.254 e. The summed E-state index contributed by atoms with van der Waals surface area (Å²) in [5, 5.41) is 0. The van der Waals surface area contributed by atoms with Crippen LogP contribution < -0.4 is 14.2 Å². The van der Waals surface area contributed by atoms with E-state index in [1.807, 2.05) is 83.8 Å². The summed E-state index contributed by atoms with van der Waals surface area (Å²) in [6, 6.07) is 33.9. The average molecular weight is 651 g/mol. The topological polar surface area (TPSA) is 51.2 Å². The van der Waals surface area contributed by atoms with Gasteiger partial charge in [-0.25, -0.2) is 0 Å². The van der Waals surface area contributed by atoms with Crippen LogP contribution in [-0.4, -0.2) is 48.5 Å². The van der Waals surface area contributed by atoms with Crippen LogP contribution in [0.3, 0.4) is 0 Å². The molecule has 0 saturated carbocycles. The largest absolute Gasteiger partial charge is 0.494 e. The van der Waals surface area contributed by atoms with Gasteiger partial charge in [-0.15, -0.1) is 0 Å². The van der Waals surface area contributed by atoms with Crippen LogP contribution in [0, 0.1) is 0 Å². The predicted octanol–water partition coefficient (Wildman–Crippen LogP) is 9.57. The molecule has 0 heterocycles. The van der Waals surface area contributed by atoms with Crippen LogP contribution in [0.1, 0.15) is 86.3 Å². The van der Waals surface area contributed by atoms with Gasteiger partial charge in [0.25, 0.3) is 5.91 Å². The van der Waals surface area contributed by atoms with Crippen LogP contribution in [-0.2, 0) is 19.8 Å². The molecule has 4 aromatic carbocycles. The van der Waals surface area contributed by atoms with Crippen molar-refractivity contribution in [2.75, 3.05) is 32.8 Å². The minimum absolute atomic E-state index is 0.0113. The Balaban J connectivity index is 1.56. The highest BCUT2D eigenvalue weighted by Gasteiger charge is 2.19. The number of nitrogens with zero attached hydrogens (tertiary/aromatic N) is 2. The molecule has 4 aromatic rings. The molecular formula is C42H54N2O4. The number of unbranched alkanes of at least 4 members (excludes halogenated alkanes) is 3. The Labute approximate surface area is 288 Å². The van der Waals surface area contributed by atoms with Crippen LogP contribution in [0.4, 0.5) is 0 Å². The van der Waals surface area contributed by atoms with Gasteiger partial charge in [-0.1, -0.05) is 107 Å². The van der Waals surface area contributed by atoms with Gasteiger partial charge in [0.1, 0.15) is 19.0 Å². The second-order valence-electron chi connectivity index (χ2n) is 12.3. The second kappa shape index (κ2) is 20.8. The van der Waals surface area contributed by atoms with Crippen LogP contribution in [0.5, 0.6) is 17.2 Å². The molecule has 0 bridgehead atoms. The molecule has 0 aliphatic heterocycles. The van der Waals surface area contributed by atoms with Crippen molar-refractivity contribution in [1.29, 1.82) is 0 Å². The number of rotatable bonds is 22. The maximum atomic E-state index is 14.1. The normalized spacial score (nSPS) is 11.0. The number of hydrogen-bond acceptors (Lipinski definition) is 5. The Morgan fingerprint density at radius 2 is 1.15 bits per heavy atom. The summed E-state index contributed by atoms with van der Waals surface area (Å²) in [6.07, 6.45) is 6.71. The molecular weight excluding hydrogens is 596 g/mol. The molecule has 6 heteroatoms. The predicted molar refractivity (Wildman–Crippen MR) is 196 cm³/mol. The number of amides is 1. The highest BCUT2D eigenvalue weighted by atomic mass is 16.5. The van der Waals surface area contributed by atoms with E-state index < -0.39 is 0 Å². The molecule has 0 N–H and O–H groups in total. The van der Waals surface area contributed by atoms with Crippen molar-refractivity contribution < 1.29 is 19.0 Å². The lowest BCUT2D eigenvalue weighted by atomic mass is 10.1. The van der Waals surface area contributed by atoms with Crippen molar-refractivity contribution in [2.45, 2.75) is 79.1 Å². The number of ether oxygens (including phenoxy) is 3. The Bertz CT molecular complexity index is 1450. The lowest BCUT2D eigenvalue weighted by Gasteiger charge is -2.28. The smallest absolute Gasteiger partial charge is 0.254 e. The van der Waals surface area contributed by atoms with Gasteiger partial charge in [-0.2, -0.15) is 0 Å². The quantitative estimate of drug-likeness (QED) is 0.0793. The molecule has 0 unspecified atom stereocenters. The van der Waals surface area contributed by atoms with Gasteiger partial charge in [-0.3, -0.25) is 4.79 Å². The lowest BCUT2D eigenvalue weighted by Crippen LogP contribution is -2.39. The first kappa shape index (κ1) is 36.5. The van der Waals surface area contributed by atoms with Crippen LogP contribution in [0.2, 0.25) is 0 Å². The van der Waals surface area contributed by atoms with Gasteiger partial charge in [0, 0.05) is 25.2 Å². The zero-order chi connectivity index (χ0) is 33.8. The molecule has 0 fully saturated rings. The molecule has 6 nitrogen and oxygen atoms in total. The fourth-order valence-corrected chi connectivity index (χ4v) is 5.40. The van der Waals surface area contributed by atoms with E-state index in [-0.39, 0.29) is 5.91 Å². The molecule has 0 aliphatic rings. The first-order valence-corrected chi connectivity index (χ1v) is 17.8. The lowest BCUT2D eigenvalue weighted by molar-refractivity contribution is 0.0720. The summed E-state index contributed by atoms with van der Waals surface area (Å²) in [6.45, 7) is 12.2. The molecule has 48 heavy (non-hydrogen) atoms. The number of hydrogen-bond donors (Lipinski definition) is 0. The van der Waals surface area contributed by atoms with Crippen molar-refractivity contribution in [1.82, 2.24) is 9.80 Å². The monoisotopic (exact) mass is 650 g/mol. The Morgan fingerprint density at radius 3 is 1.73 bits per heavy atom. The molecule has 1 amide bonds. The third-order valence-corrected chi connectivity index (χ3v) is 8.35. The first-order valence-electron chi connectivity index (χ1n) is 17.8. The summed E-state index contributed by atoms with van der Waals surface area (Å²) in [5.74, 6) is 2.15. The van der Waals surface area contributed by atoms with Gasteiger partial charge in [0.05, 0.1) is 6.61 Å². The van der Waals surface area contributed by atoms with Gasteiger partial charge < -0.3 is 24.0 Å². The summed E-state index contributed by atoms with van der Waals surface area (Å²) in [4.78, 5) is 18.6. The third kappa shape index (κ3) is 12.4. The molecule has 4 rings (SSSR count). The average Bonchev–Trinajstić information content (AvgIpc) is 3.13. The summed E-state index contributed by atoms with van der Waals surface area (Å²) >= 11 is 0. The van der Waals surface area contributed by atoms with E-state index in [1.165, 1.54) is 0 Å². The van der Waals surface area contributed by atoms with Gasteiger partial charge in [0.15, 0.2) is 11.5 Å². The third-order valence-electron chi connectivity index (χ3n) is 8.35. The Morgan fingerprint density at radius 1 is 0.562 bits per heavy atom. The van der Waals surface area contributed by atoms with E-state index in [2.05, 4.69) is 49.9 Å². The Hall–Kier alpha value is -4.29.